The summed E-state index contributed by atoms with van der Waals surface area (Å²) in [4.78, 5) is 0. The van der Waals surface area contributed by atoms with E-state index in [1.165, 1.54) is 0 Å². The molecular weight excluding hydrogens is 238 g/mol. The predicted octanol–water partition coefficient (Wildman–Crippen LogP) is 3.85. The highest BCUT2D eigenvalue weighted by molar-refractivity contribution is 6.30. The lowest BCUT2D eigenvalue weighted by Crippen LogP contribution is -1.77. The van der Waals surface area contributed by atoms with Crippen molar-refractivity contribution in [1.82, 2.24) is 5.16 Å². The number of aromatic nitrogens is 1. The number of halogens is 1. The van der Waals surface area contributed by atoms with Crippen LogP contribution in [0.1, 0.15) is 0 Å². The van der Waals surface area contributed by atoms with Crippen molar-refractivity contribution < 1.29 is 9.63 Å². The van der Waals surface area contributed by atoms with Gasteiger partial charge in [0.05, 0.1) is 5.39 Å². The lowest BCUT2D eigenvalue weighted by atomic mass is 10.1. The fourth-order valence-electron chi connectivity index (χ4n) is 1.76. The number of aromatic hydroxyl groups is 1. The number of phenolic OH excluding ortho intramolecular Hbond substituents is 1. The highest BCUT2D eigenvalue weighted by Crippen LogP contribution is 2.32. The second-order valence-corrected chi connectivity index (χ2v) is 4.13. The molecule has 1 N–H and O–H groups in total. The van der Waals surface area contributed by atoms with Crippen LogP contribution >= 0.6 is 11.6 Å². The van der Waals surface area contributed by atoms with Crippen LogP contribution in [0.3, 0.4) is 0 Å². The van der Waals surface area contributed by atoms with Gasteiger partial charge in [0.15, 0.2) is 5.75 Å². The Morgan fingerprint density at radius 3 is 2.59 bits per heavy atom. The summed E-state index contributed by atoms with van der Waals surface area (Å²) in [5.41, 5.74) is 2.00. The SMILES string of the molecule is Oc1cccc2c(-c3ccc(Cl)cc3)noc12. The maximum absolute atomic E-state index is 9.62. The molecule has 0 atom stereocenters. The highest BCUT2D eigenvalue weighted by Gasteiger charge is 2.12. The summed E-state index contributed by atoms with van der Waals surface area (Å²) in [5, 5.41) is 15.1. The third-order valence-electron chi connectivity index (χ3n) is 2.60. The van der Waals surface area contributed by atoms with Gasteiger partial charge in [0.2, 0.25) is 5.58 Å². The molecule has 0 unspecified atom stereocenters. The maximum atomic E-state index is 9.62. The molecule has 84 valence electrons. The van der Waals surface area contributed by atoms with Crippen LogP contribution in [0.15, 0.2) is 47.0 Å². The number of para-hydroxylation sites is 1. The van der Waals surface area contributed by atoms with E-state index < -0.39 is 0 Å². The molecule has 0 bridgehead atoms. The van der Waals surface area contributed by atoms with Crippen LogP contribution in [0.4, 0.5) is 0 Å². The standard InChI is InChI=1S/C13H8ClNO2/c14-9-6-4-8(5-7-9)12-10-2-1-3-11(16)13(10)17-15-12/h1-7,16H. The van der Waals surface area contributed by atoms with E-state index in [9.17, 15) is 5.11 Å². The molecule has 0 radical (unpaired) electrons. The van der Waals surface area contributed by atoms with Crippen molar-refractivity contribution in [3.05, 3.63) is 47.5 Å². The van der Waals surface area contributed by atoms with E-state index in [-0.39, 0.29) is 5.75 Å². The van der Waals surface area contributed by atoms with E-state index in [4.69, 9.17) is 16.1 Å². The van der Waals surface area contributed by atoms with E-state index in [1.54, 1.807) is 24.3 Å². The Bertz CT molecular complexity index is 673. The van der Waals surface area contributed by atoms with Crippen LogP contribution in [0.2, 0.25) is 5.02 Å². The normalized spacial score (nSPS) is 10.9. The topological polar surface area (TPSA) is 46.3 Å². The molecule has 3 aromatic rings. The molecule has 17 heavy (non-hydrogen) atoms. The fraction of sp³-hybridized carbons (Fsp3) is 0. The Hall–Kier alpha value is -2.00. The van der Waals surface area contributed by atoms with Crippen molar-refractivity contribution >= 4 is 22.6 Å². The van der Waals surface area contributed by atoms with Crippen LogP contribution in [-0.2, 0) is 0 Å². The molecule has 0 saturated carbocycles. The molecule has 2 aromatic carbocycles. The summed E-state index contributed by atoms with van der Waals surface area (Å²) in [6.45, 7) is 0. The molecule has 1 heterocycles. The van der Waals surface area contributed by atoms with Gasteiger partial charge in [0.25, 0.3) is 0 Å². The molecule has 0 fully saturated rings. The summed E-state index contributed by atoms with van der Waals surface area (Å²) in [6, 6.07) is 12.5. The summed E-state index contributed by atoms with van der Waals surface area (Å²) < 4.78 is 5.13. The lowest BCUT2D eigenvalue weighted by molar-refractivity contribution is 0.424. The summed E-state index contributed by atoms with van der Waals surface area (Å²) in [6.07, 6.45) is 0. The van der Waals surface area contributed by atoms with Gasteiger partial charge in [0, 0.05) is 10.6 Å². The summed E-state index contributed by atoms with van der Waals surface area (Å²) in [7, 11) is 0. The molecule has 0 amide bonds. The molecule has 3 nitrogen and oxygen atoms in total. The quantitative estimate of drug-likeness (QED) is 0.708. The Kier molecular flexibility index (Phi) is 2.27. The second-order valence-electron chi connectivity index (χ2n) is 3.69. The van der Waals surface area contributed by atoms with Gasteiger partial charge >= 0.3 is 0 Å². The van der Waals surface area contributed by atoms with Gasteiger partial charge in [-0.05, 0) is 24.3 Å². The monoisotopic (exact) mass is 245 g/mol. The highest BCUT2D eigenvalue weighted by atomic mass is 35.5. The zero-order valence-corrected chi connectivity index (χ0v) is 9.48. The van der Waals surface area contributed by atoms with E-state index in [1.807, 2.05) is 18.2 Å². The molecule has 0 aliphatic rings. The largest absolute Gasteiger partial charge is 0.504 e. The second kappa shape index (κ2) is 3.79. The third-order valence-corrected chi connectivity index (χ3v) is 2.85. The van der Waals surface area contributed by atoms with Crippen molar-refractivity contribution in [1.29, 1.82) is 0 Å². The summed E-state index contributed by atoms with van der Waals surface area (Å²) in [5.74, 6) is 0.0928. The summed E-state index contributed by atoms with van der Waals surface area (Å²) >= 11 is 5.83. The van der Waals surface area contributed by atoms with Crippen molar-refractivity contribution in [2.24, 2.45) is 0 Å². The molecule has 1 aromatic heterocycles. The van der Waals surface area contributed by atoms with E-state index >= 15 is 0 Å². The van der Waals surface area contributed by atoms with Gasteiger partial charge in [-0.2, -0.15) is 0 Å². The van der Waals surface area contributed by atoms with Crippen LogP contribution in [0, 0.1) is 0 Å². The number of phenols is 1. The van der Waals surface area contributed by atoms with Gasteiger partial charge in [0.1, 0.15) is 5.69 Å². The number of hydrogen-bond acceptors (Lipinski definition) is 3. The van der Waals surface area contributed by atoms with Gasteiger partial charge in [-0.1, -0.05) is 35.0 Å². The minimum absolute atomic E-state index is 0.0928. The average molecular weight is 246 g/mol. The lowest BCUT2D eigenvalue weighted by Gasteiger charge is -1.97. The number of benzene rings is 2. The van der Waals surface area contributed by atoms with Crippen molar-refractivity contribution in [3.8, 4) is 17.0 Å². The van der Waals surface area contributed by atoms with Crippen LogP contribution in [0.5, 0.6) is 5.75 Å². The van der Waals surface area contributed by atoms with Crippen LogP contribution < -0.4 is 0 Å². The Morgan fingerprint density at radius 2 is 1.82 bits per heavy atom. The number of hydrogen-bond donors (Lipinski definition) is 1. The first-order valence-electron chi connectivity index (χ1n) is 5.09. The van der Waals surface area contributed by atoms with Crippen molar-refractivity contribution in [3.63, 3.8) is 0 Å². The first-order valence-corrected chi connectivity index (χ1v) is 5.47. The third kappa shape index (κ3) is 1.65. The first kappa shape index (κ1) is 10.2. The van der Waals surface area contributed by atoms with Gasteiger partial charge in [-0.3, -0.25) is 0 Å². The smallest absolute Gasteiger partial charge is 0.209 e. The Labute approximate surface area is 102 Å². The number of nitrogens with zero attached hydrogens (tertiary/aromatic N) is 1. The van der Waals surface area contributed by atoms with E-state index in [0.29, 0.717) is 16.3 Å². The zero-order chi connectivity index (χ0) is 11.8. The Balaban J connectivity index is 2.24. The molecule has 4 heteroatoms. The van der Waals surface area contributed by atoms with Gasteiger partial charge in [-0.15, -0.1) is 0 Å². The molecule has 3 rings (SSSR count). The first-order chi connectivity index (χ1) is 8.25. The minimum atomic E-state index is 0.0928. The van der Waals surface area contributed by atoms with Crippen LogP contribution in [0.25, 0.3) is 22.2 Å². The molecule has 0 saturated heterocycles. The van der Waals surface area contributed by atoms with E-state index in [2.05, 4.69) is 5.16 Å². The van der Waals surface area contributed by atoms with Crippen molar-refractivity contribution in [2.75, 3.05) is 0 Å². The molecule has 0 aliphatic heterocycles. The zero-order valence-electron chi connectivity index (χ0n) is 8.72. The number of fused-ring (bicyclic) bond motifs is 1. The fourth-order valence-corrected chi connectivity index (χ4v) is 1.89. The average Bonchev–Trinajstić information content (AvgIpc) is 2.75. The van der Waals surface area contributed by atoms with Gasteiger partial charge < -0.3 is 9.63 Å². The molecular formula is C13H8ClNO2. The van der Waals surface area contributed by atoms with Gasteiger partial charge in [-0.25, -0.2) is 0 Å². The molecule has 0 spiro atoms. The van der Waals surface area contributed by atoms with Crippen LogP contribution in [-0.4, -0.2) is 10.3 Å². The van der Waals surface area contributed by atoms with Crippen molar-refractivity contribution in [2.45, 2.75) is 0 Å². The Morgan fingerprint density at radius 1 is 1.06 bits per heavy atom. The minimum Gasteiger partial charge on any atom is -0.504 e. The molecule has 0 aliphatic carbocycles. The number of rotatable bonds is 1. The van der Waals surface area contributed by atoms with E-state index in [0.717, 1.165) is 10.9 Å². The maximum Gasteiger partial charge on any atom is 0.209 e. The predicted molar refractivity (Wildman–Crippen MR) is 66.1 cm³/mol.